The summed E-state index contributed by atoms with van der Waals surface area (Å²) in [5, 5.41) is 11.1. The monoisotopic (exact) mass is 309 g/mol. The van der Waals surface area contributed by atoms with Gasteiger partial charge in [-0.2, -0.15) is 0 Å². The van der Waals surface area contributed by atoms with Crippen LogP contribution in [0.15, 0.2) is 18.2 Å². The molecule has 2 aromatic rings. The van der Waals surface area contributed by atoms with Crippen LogP contribution in [-0.2, 0) is 0 Å². The van der Waals surface area contributed by atoms with Crippen LogP contribution in [0.4, 0.5) is 5.69 Å². The summed E-state index contributed by atoms with van der Waals surface area (Å²) in [6.07, 6.45) is 0. The molecular weight excluding hydrogens is 298 g/mol. The number of hydrogen-bond donors (Lipinski definition) is 0. The summed E-state index contributed by atoms with van der Waals surface area (Å²) in [5.74, 6) is 0.415. The van der Waals surface area contributed by atoms with Crippen LogP contribution in [0.25, 0.3) is 0 Å². The molecule has 2 rings (SSSR count). The molecule has 1 aromatic carbocycles. The standard InChI is InChI=1S/C13H12ClN3O4/c1-7-8(2)16-13(12(14)15-7)21-11-6-9(20-3)4-5-10(11)17(18)19/h4-6H,1-3H3. The SMILES string of the molecule is COc1ccc([N+](=O)[O-])c(Oc2nc(C)c(C)nc2Cl)c1. The van der Waals surface area contributed by atoms with Crippen LogP contribution >= 0.6 is 11.6 Å². The highest BCUT2D eigenvalue weighted by Crippen LogP contribution is 2.36. The lowest BCUT2D eigenvalue weighted by atomic mass is 10.3. The van der Waals surface area contributed by atoms with E-state index in [4.69, 9.17) is 21.1 Å². The lowest BCUT2D eigenvalue weighted by molar-refractivity contribution is -0.385. The lowest BCUT2D eigenvalue weighted by Crippen LogP contribution is -2.00. The van der Waals surface area contributed by atoms with E-state index in [1.165, 1.54) is 25.3 Å². The van der Waals surface area contributed by atoms with Crippen LogP contribution in [0.1, 0.15) is 11.4 Å². The van der Waals surface area contributed by atoms with Crippen molar-refractivity contribution in [2.75, 3.05) is 7.11 Å². The summed E-state index contributed by atoms with van der Waals surface area (Å²) >= 11 is 5.96. The molecule has 21 heavy (non-hydrogen) atoms. The Morgan fingerprint density at radius 3 is 2.52 bits per heavy atom. The quantitative estimate of drug-likeness (QED) is 0.635. The number of hydrogen-bond acceptors (Lipinski definition) is 6. The van der Waals surface area contributed by atoms with Gasteiger partial charge < -0.3 is 9.47 Å². The molecule has 0 radical (unpaired) electrons. The largest absolute Gasteiger partial charge is 0.497 e. The van der Waals surface area contributed by atoms with E-state index in [0.29, 0.717) is 17.1 Å². The molecule has 0 N–H and O–H groups in total. The zero-order valence-electron chi connectivity index (χ0n) is 11.6. The molecule has 0 spiro atoms. The predicted octanol–water partition coefficient (Wildman–Crippen LogP) is 3.46. The zero-order valence-corrected chi connectivity index (χ0v) is 12.3. The van der Waals surface area contributed by atoms with Crippen molar-refractivity contribution in [2.24, 2.45) is 0 Å². The number of aromatic nitrogens is 2. The summed E-state index contributed by atoms with van der Waals surface area (Å²) < 4.78 is 10.5. The van der Waals surface area contributed by atoms with Crippen molar-refractivity contribution in [1.82, 2.24) is 9.97 Å². The molecule has 1 heterocycles. The number of methoxy groups -OCH3 is 1. The first-order valence-corrected chi connectivity index (χ1v) is 6.31. The first-order chi connectivity index (χ1) is 9.92. The molecule has 0 amide bonds. The van der Waals surface area contributed by atoms with E-state index < -0.39 is 4.92 Å². The minimum absolute atomic E-state index is 0.0103. The first kappa shape index (κ1) is 15.0. The summed E-state index contributed by atoms with van der Waals surface area (Å²) in [4.78, 5) is 18.7. The molecule has 0 bridgehead atoms. The third-order valence-corrected chi connectivity index (χ3v) is 3.05. The molecule has 7 nitrogen and oxygen atoms in total. The summed E-state index contributed by atoms with van der Waals surface area (Å²) in [5.41, 5.74) is 1.07. The number of nitro benzene ring substituents is 1. The van der Waals surface area contributed by atoms with Gasteiger partial charge in [-0.25, -0.2) is 9.97 Å². The number of aryl methyl sites for hydroxylation is 2. The number of rotatable bonds is 4. The number of benzene rings is 1. The van der Waals surface area contributed by atoms with E-state index >= 15 is 0 Å². The number of nitro groups is 1. The Morgan fingerprint density at radius 1 is 1.24 bits per heavy atom. The molecule has 0 atom stereocenters. The van der Waals surface area contributed by atoms with E-state index in [-0.39, 0.29) is 22.5 Å². The fourth-order valence-electron chi connectivity index (χ4n) is 1.58. The molecule has 1 aromatic heterocycles. The molecule has 8 heteroatoms. The van der Waals surface area contributed by atoms with Crippen LogP contribution < -0.4 is 9.47 Å². The van der Waals surface area contributed by atoms with Crippen molar-refractivity contribution in [3.8, 4) is 17.4 Å². The van der Waals surface area contributed by atoms with Gasteiger partial charge in [0.25, 0.3) is 5.88 Å². The predicted molar refractivity (Wildman–Crippen MR) is 76.2 cm³/mol. The van der Waals surface area contributed by atoms with Gasteiger partial charge in [-0.3, -0.25) is 10.1 Å². The van der Waals surface area contributed by atoms with Gasteiger partial charge >= 0.3 is 5.69 Å². The fraction of sp³-hybridized carbons (Fsp3) is 0.231. The normalized spacial score (nSPS) is 10.3. The second kappa shape index (κ2) is 5.92. The van der Waals surface area contributed by atoms with Gasteiger partial charge in [-0.05, 0) is 19.9 Å². The Labute approximate surface area is 125 Å². The molecule has 0 saturated heterocycles. The maximum absolute atomic E-state index is 11.0. The number of nitrogens with zero attached hydrogens (tertiary/aromatic N) is 3. The maximum Gasteiger partial charge on any atom is 0.311 e. The summed E-state index contributed by atoms with van der Waals surface area (Å²) in [6.45, 7) is 3.50. The molecule has 0 aliphatic rings. The highest BCUT2D eigenvalue weighted by molar-refractivity contribution is 6.30. The van der Waals surface area contributed by atoms with Crippen molar-refractivity contribution in [3.05, 3.63) is 44.9 Å². The van der Waals surface area contributed by atoms with Crippen molar-refractivity contribution >= 4 is 17.3 Å². The topological polar surface area (TPSA) is 87.4 Å². The highest BCUT2D eigenvalue weighted by atomic mass is 35.5. The average Bonchev–Trinajstić information content (AvgIpc) is 2.44. The van der Waals surface area contributed by atoms with Crippen LogP contribution in [0.5, 0.6) is 17.4 Å². The first-order valence-electron chi connectivity index (χ1n) is 5.93. The van der Waals surface area contributed by atoms with Crippen molar-refractivity contribution in [1.29, 1.82) is 0 Å². The van der Waals surface area contributed by atoms with Gasteiger partial charge in [0.05, 0.1) is 23.4 Å². The summed E-state index contributed by atoms with van der Waals surface area (Å²) in [6, 6.07) is 4.15. The fourth-order valence-corrected chi connectivity index (χ4v) is 1.79. The van der Waals surface area contributed by atoms with Crippen LogP contribution in [0.2, 0.25) is 5.15 Å². The molecule has 0 unspecified atom stereocenters. The molecule has 0 aliphatic carbocycles. The maximum atomic E-state index is 11.0. The van der Waals surface area contributed by atoms with Gasteiger partial charge in [0.15, 0.2) is 5.15 Å². The van der Waals surface area contributed by atoms with E-state index in [2.05, 4.69) is 9.97 Å². The van der Waals surface area contributed by atoms with Crippen molar-refractivity contribution in [3.63, 3.8) is 0 Å². The van der Waals surface area contributed by atoms with Crippen LogP contribution in [0, 0.1) is 24.0 Å². The molecule has 0 saturated carbocycles. The Bertz CT molecular complexity index is 706. The molecule has 0 fully saturated rings. The van der Waals surface area contributed by atoms with Crippen molar-refractivity contribution < 1.29 is 14.4 Å². The van der Waals surface area contributed by atoms with Crippen molar-refractivity contribution in [2.45, 2.75) is 13.8 Å². The minimum Gasteiger partial charge on any atom is -0.497 e. The zero-order chi connectivity index (χ0) is 15.6. The molecular formula is C13H12ClN3O4. The smallest absolute Gasteiger partial charge is 0.311 e. The number of halogens is 1. The van der Waals surface area contributed by atoms with E-state index in [0.717, 1.165) is 0 Å². The molecule has 110 valence electrons. The second-order valence-corrected chi connectivity index (χ2v) is 4.54. The molecule has 0 aliphatic heterocycles. The van der Waals surface area contributed by atoms with Gasteiger partial charge in [-0.15, -0.1) is 0 Å². The van der Waals surface area contributed by atoms with Gasteiger partial charge in [0.1, 0.15) is 5.75 Å². The third kappa shape index (κ3) is 3.19. The van der Waals surface area contributed by atoms with Gasteiger partial charge in [-0.1, -0.05) is 11.6 Å². The lowest BCUT2D eigenvalue weighted by Gasteiger charge is -2.09. The summed E-state index contributed by atoms with van der Waals surface area (Å²) in [7, 11) is 1.45. The highest BCUT2D eigenvalue weighted by Gasteiger charge is 2.19. The Kier molecular flexibility index (Phi) is 4.23. The van der Waals surface area contributed by atoms with Crippen LogP contribution in [-0.4, -0.2) is 22.0 Å². The Morgan fingerprint density at radius 2 is 1.90 bits per heavy atom. The average molecular weight is 310 g/mol. The van der Waals surface area contributed by atoms with Gasteiger partial charge in [0.2, 0.25) is 5.75 Å². The third-order valence-electron chi connectivity index (χ3n) is 2.81. The van der Waals surface area contributed by atoms with Crippen LogP contribution in [0.3, 0.4) is 0 Å². The van der Waals surface area contributed by atoms with E-state index in [1.54, 1.807) is 13.8 Å². The number of ether oxygens (including phenoxy) is 2. The Hall–Kier alpha value is -2.41. The second-order valence-electron chi connectivity index (χ2n) is 4.18. The van der Waals surface area contributed by atoms with Gasteiger partial charge in [0, 0.05) is 12.1 Å². The van der Waals surface area contributed by atoms with E-state index in [9.17, 15) is 10.1 Å². The van der Waals surface area contributed by atoms with E-state index in [1.807, 2.05) is 0 Å². The minimum atomic E-state index is -0.558. The Balaban J connectivity index is 2.47.